The number of phosphoric acid groups is 1. The highest BCUT2D eigenvalue weighted by Gasteiger charge is 2.49. The Labute approximate surface area is 302 Å². The van der Waals surface area contributed by atoms with Gasteiger partial charge < -0.3 is 61.2 Å². The first-order valence-electron chi connectivity index (χ1n) is 15.6. The summed E-state index contributed by atoms with van der Waals surface area (Å²) in [4.78, 5) is 96.9. The molecule has 3 aliphatic heterocycles. The van der Waals surface area contributed by atoms with E-state index in [0.29, 0.717) is 6.42 Å². The summed E-state index contributed by atoms with van der Waals surface area (Å²) >= 11 is 1.77. The minimum Gasteiger partial charge on any atom is -0.440 e. The first-order valence-corrected chi connectivity index (χ1v) is 21.4. The van der Waals surface area contributed by atoms with Gasteiger partial charge in [-0.3, -0.25) is 23.7 Å². The monoisotopic (exact) mass is 834 g/mol. The zero-order valence-electron chi connectivity index (χ0n) is 27.2. The number of hydrogen-bond acceptors (Lipinski definition) is 16. The minimum absolute atomic E-state index is 0.00961. The normalized spacial score (nSPS) is 27.7. The number of nitrogens with one attached hydrogen (secondary N) is 6. The zero-order valence-corrected chi connectivity index (χ0v) is 30.7. The van der Waals surface area contributed by atoms with Crippen LogP contribution in [0.1, 0.15) is 31.9 Å². The summed E-state index contributed by atoms with van der Waals surface area (Å²) < 4.78 is 56.0. The van der Waals surface area contributed by atoms with Crippen LogP contribution in [-0.2, 0) is 36.8 Å². The number of nitrogens with two attached hydrogens (primary N) is 1. The number of ether oxygens (including phenoxy) is 2. The number of amides is 4. The lowest BCUT2D eigenvalue weighted by Crippen LogP contribution is -2.42. The van der Waals surface area contributed by atoms with Crippen molar-refractivity contribution in [1.29, 1.82) is 0 Å². The molecule has 0 aromatic carbocycles. The molecule has 3 aliphatic rings. The fraction of sp³-hybridized carbons (Fsp3) is 0.652. The number of nitrogens with zero attached hydrogens (tertiary/aromatic N) is 3. The molecule has 0 saturated carbocycles. The smallest absolute Gasteiger partial charge is 0.440 e. The van der Waals surface area contributed by atoms with Gasteiger partial charge in [0.15, 0.2) is 23.5 Å². The van der Waals surface area contributed by atoms with Crippen molar-refractivity contribution >= 4 is 70.2 Å². The van der Waals surface area contributed by atoms with Gasteiger partial charge in [0, 0.05) is 30.5 Å². The molecule has 53 heavy (non-hydrogen) atoms. The SMILES string of the molecule is Nc1nc2c(ncn2[C@@H]2O[C@H](COP(=O)(O)OP(=O)(O)NP(=O)(O)O)[C@@H](OC(=O)NCCNC(=O)CCCC[C@@H]3SC[C@@H]4NC(=O)N[C@@H]43)[C@H]2O)c(=O)[nH]1. The number of carbonyl (C=O) groups excluding carboxylic acids is 3. The van der Waals surface area contributed by atoms with Crippen LogP contribution in [0.15, 0.2) is 11.1 Å². The van der Waals surface area contributed by atoms with Crippen molar-refractivity contribution in [1.82, 2.24) is 45.6 Å². The molecule has 5 heterocycles. The molecule has 9 atom stereocenters. The van der Waals surface area contributed by atoms with Crippen molar-refractivity contribution in [3.05, 3.63) is 16.7 Å². The standard InChI is InChI=1S/C23H37N10O16P3S/c24-21-30-18-15(19(36)31-21)27-9-33(18)20-16(35)17(11(47-20)7-46-52(44,45)49-51(42,43)32-50(39,40)41)48-23(38)26-6-5-25-13(34)4-2-1-3-12-14-10(8-53-12)28-22(37)29-14/h9-12,14,16-17,20,35H,1-8H2,(H,25,34)(H,26,38)(H,44,45)(H2,28,29,37)(H3,24,30,31,36)(H4,32,39,40,41,42,43)/t10-,11+,12-,14-,16+,17+,20+/m0/s1. The average molecular weight is 835 g/mol. The Bertz CT molecular complexity index is 1900. The lowest BCUT2D eigenvalue weighted by Gasteiger charge is -2.22. The quantitative estimate of drug-likeness (QED) is 0.0457. The van der Waals surface area contributed by atoms with Gasteiger partial charge in [0.05, 0.1) is 25.0 Å². The van der Waals surface area contributed by atoms with Crippen LogP contribution in [-0.4, -0.2) is 123 Å². The molecule has 0 spiro atoms. The number of aliphatic hydroxyl groups excluding tert-OH is 1. The number of carbonyl (C=O) groups is 3. The van der Waals surface area contributed by atoms with Crippen molar-refractivity contribution < 1.29 is 71.1 Å². The van der Waals surface area contributed by atoms with E-state index < -0.39 is 66.1 Å². The van der Waals surface area contributed by atoms with Crippen LogP contribution in [0.4, 0.5) is 15.5 Å². The molecule has 3 saturated heterocycles. The lowest BCUT2D eigenvalue weighted by molar-refractivity contribution is -0.121. The molecule has 5 rings (SSSR count). The molecule has 0 radical (unpaired) electrons. The number of rotatable bonds is 17. The predicted molar refractivity (Wildman–Crippen MR) is 180 cm³/mol. The van der Waals surface area contributed by atoms with Gasteiger partial charge in [0.25, 0.3) is 5.56 Å². The number of phosphoric ester groups is 1. The van der Waals surface area contributed by atoms with Crippen molar-refractivity contribution in [3.8, 4) is 0 Å². The number of unbranched alkanes of at least 4 members (excludes halogenated alkanes) is 1. The van der Waals surface area contributed by atoms with Crippen LogP contribution in [0.3, 0.4) is 0 Å². The molecule has 0 bridgehead atoms. The van der Waals surface area contributed by atoms with Crippen LogP contribution in [0.25, 0.3) is 11.2 Å². The van der Waals surface area contributed by atoms with Gasteiger partial charge in [0.2, 0.25) is 11.9 Å². The summed E-state index contributed by atoms with van der Waals surface area (Å²) in [5.41, 5.74) is 4.48. The third kappa shape index (κ3) is 11.0. The lowest BCUT2D eigenvalue weighted by atomic mass is 10.0. The highest BCUT2D eigenvalue weighted by molar-refractivity contribution is 8.00. The van der Waals surface area contributed by atoms with Crippen molar-refractivity contribution in [2.75, 3.05) is 31.2 Å². The molecular formula is C23H37N10O16P3S. The number of H-pyrrole nitrogens is 1. The third-order valence-corrected chi connectivity index (χ3v) is 13.7. The van der Waals surface area contributed by atoms with Crippen molar-refractivity contribution in [2.24, 2.45) is 0 Å². The number of fused-ring (bicyclic) bond motifs is 2. The van der Waals surface area contributed by atoms with Crippen LogP contribution in [0, 0.1) is 0 Å². The van der Waals surface area contributed by atoms with Gasteiger partial charge in [-0.2, -0.15) is 21.1 Å². The van der Waals surface area contributed by atoms with Gasteiger partial charge in [-0.1, -0.05) is 6.42 Å². The largest absolute Gasteiger partial charge is 0.480 e. The molecule has 3 fully saturated rings. The van der Waals surface area contributed by atoms with Gasteiger partial charge in [0.1, 0.15) is 12.2 Å². The fourth-order valence-electron chi connectivity index (χ4n) is 5.77. The van der Waals surface area contributed by atoms with E-state index in [1.54, 1.807) is 11.8 Å². The Hall–Kier alpha value is -3.16. The second-order valence-corrected chi connectivity index (χ2v) is 17.9. The van der Waals surface area contributed by atoms with E-state index in [9.17, 15) is 47.8 Å². The Morgan fingerprint density at radius 2 is 1.85 bits per heavy atom. The van der Waals surface area contributed by atoms with E-state index in [1.165, 1.54) is 0 Å². The van der Waals surface area contributed by atoms with Gasteiger partial charge >= 0.3 is 35.4 Å². The number of nitrogen functional groups attached to an aromatic ring is 1. The molecule has 26 nitrogen and oxygen atoms in total. The topological polar surface area (TPSA) is 390 Å². The third-order valence-electron chi connectivity index (χ3n) is 7.95. The summed E-state index contributed by atoms with van der Waals surface area (Å²) in [6.45, 7) is -1.24. The maximum Gasteiger partial charge on any atom is 0.480 e. The van der Waals surface area contributed by atoms with E-state index in [4.69, 9.17) is 25.0 Å². The summed E-state index contributed by atoms with van der Waals surface area (Å²) in [6, 6.07) is 0.0157. The predicted octanol–water partition coefficient (Wildman–Crippen LogP) is -2.19. The molecular weight excluding hydrogens is 797 g/mol. The molecule has 4 amide bonds. The molecule has 13 N–H and O–H groups in total. The highest BCUT2D eigenvalue weighted by atomic mass is 32.2. The van der Waals surface area contributed by atoms with E-state index >= 15 is 0 Å². The van der Waals surface area contributed by atoms with Crippen molar-refractivity contribution in [2.45, 2.75) is 67.6 Å². The number of thioether (sulfide) groups is 1. The van der Waals surface area contributed by atoms with Crippen LogP contribution in [0.5, 0.6) is 0 Å². The molecule has 0 aliphatic carbocycles. The Kier molecular flexibility index (Phi) is 12.9. The van der Waals surface area contributed by atoms with E-state index in [0.717, 1.165) is 34.3 Å². The number of aromatic nitrogens is 4. The number of aliphatic hydroxyl groups is 1. The highest BCUT2D eigenvalue weighted by Crippen LogP contribution is 2.61. The van der Waals surface area contributed by atoms with Gasteiger partial charge in [-0.15, -0.1) is 4.86 Å². The minimum atomic E-state index is -5.62. The number of aromatic amines is 1. The van der Waals surface area contributed by atoms with Gasteiger partial charge in [-0.05, 0) is 12.8 Å². The Morgan fingerprint density at radius 1 is 1.11 bits per heavy atom. The number of anilines is 1. The van der Waals surface area contributed by atoms with E-state index in [-0.39, 0.29) is 65.9 Å². The molecule has 2 aromatic rings. The fourth-order valence-corrected chi connectivity index (χ4v) is 10.7. The van der Waals surface area contributed by atoms with E-state index in [2.05, 4.69) is 45.1 Å². The number of urea groups is 1. The first kappa shape index (κ1) is 41.0. The molecule has 296 valence electrons. The number of alkyl carbamates (subject to hydrolysis) is 1. The summed E-state index contributed by atoms with van der Waals surface area (Å²) in [7, 11) is -16.7. The van der Waals surface area contributed by atoms with Crippen LogP contribution in [0.2, 0.25) is 0 Å². The maximum absolute atomic E-state index is 12.7. The molecule has 30 heteroatoms. The zero-order chi connectivity index (χ0) is 38.7. The molecule has 2 aromatic heterocycles. The second-order valence-electron chi connectivity index (χ2n) is 11.9. The number of hydrogen-bond donors (Lipinski definition) is 12. The van der Waals surface area contributed by atoms with Crippen molar-refractivity contribution in [3.63, 3.8) is 0 Å². The summed E-state index contributed by atoms with van der Waals surface area (Å²) in [6.07, 6.45) is -4.43. The molecule has 2 unspecified atom stereocenters. The Balaban J connectivity index is 1.14. The summed E-state index contributed by atoms with van der Waals surface area (Å²) in [5, 5.41) is 22.2. The summed E-state index contributed by atoms with van der Waals surface area (Å²) in [5.74, 6) is 0.234. The van der Waals surface area contributed by atoms with Crippen LogP contribution < -0.4 is 37.4 Å². The number of imidazole rings is 1. The first-order chi connectivity index (χ1) is 24.8. The maximum atomic E-state index is 12.7. The van der Waals surface area contributed by atoms with Gasteiger partial charge in [-0.25, -0.2) is 28.3 Å². The second kappa shape index (κ2) is 16.7. The van der Waals surface area contributed by atoms with E-state index in [1.807, 2.05) is 0 Å². The van der Waals surface area contributed by atoms with Crippen LogP contribution >= 0.6 is 35.1 Å². The average Bonchev–Trinajstić information content (AvgIpc) is 3.78. The Morgan fingerprint density at radius 3 is 2.58 bits per heavy atom.